The zero-order valence-electron chi connectivity index (χ0n) is 9.93. The van der Waals surface area contributed by atoms with E-state index in [1.165, 1.54) is 12.1 Å². The van der Waals surface area contributed by atoms with Gasteiger partial charge in [0.15, 0.2) is 5.43 Å². The quantitative estimate of drug-likeness (QED) is 0.850. The van der Waals surface area contributed by atoms with Crippen molar-refractivity contribution in [2.75, 3.05) is 0 Å². The van der Waals surface area contributed by atoms with Gasteiger partial charge in [0.25, 0.3) is 0 Å². The summed E-state index contributed by atoms with van der Waals surface area (Å²) in [5.74, 6) is -0.718. The van der Waals surface area contributed by atoms with Crippen LogP contribution in [0.1, 0.15) is 32.6 Å². The molecular weight excluding hydrogens is 218 g/mol. The number of hydrogen-bond donors (Lipinski definition) is 1. The molecule has 1 aromatic rings. The van der Waals surface area contributed by atoms with Crippen LogP contribution in [-0.2, 0) is 10.3 Å². The predicted octanol–water partition coefficient (Wildman–Crippen LogP) is 1.84. The fourth-order valence-corrected chi connectivity index (χ4v) is 2.82. The lowest BCUT2D eigenvalue weighted by atomic mass is 9.73. The Bertz CT molecular complexity index is 459. The average Bonchev–Trinajstić information content (AvgIpc) is 2.31. The largest absolute Gasteiger partial charge is 0.479 e. The van der Waals surface area contributed by atoms with E-state index in [1.54, 1.807) is 17.0 Å². The van der Waals surface area contributed by atoms with E-state index in [-0.39, 0.29) is 11.3 Å². The van der Waals surface area contributed by atoms with Crippen LogP contribution < -0.4 is 5.43 Å². The summed E-state index contributed by atoms with van der Waals surface area (Å²) in [4.78, 5) is 22.8. The molecule has 4 nitrogen and oxygen atoms in total. The summed E-state index contributed by atoms with van der Waals surface area (Å²) in [5, 5.41) is 9.58. The molecule has 4 heteroatoms. The maximum atomic E-state index is 11.7. The molecule has 17 heavy (non-hydrogen) atoms. The number of aliphatic carboxylic acids is 1. The average molecular weight is 235 g/mol. The van der Waals surface area contributed by atoms with Crippen molar-refractivity contribution in [2.45, 2.75) is 38.1 Å². The van der Waals surface area contributed by atoms with E-state index in [9.17, 15) is 14.7 Å². The molecule has 2 unspecified atom stereocenters. The number of rotatable bonds is 2. The summed E-state index contributed by atoms with van der Waals surface area (Å²) in [6, 6.07) is 2.85. The molecule has 2 rings (SSSR count). The number of carboxylic acids is 1. The number of carboxylic acid groups (broad SMARTS) is 1. The van der Waals surface area contributed by atoms with Crippen molar-refractivity contribution in [1.29, 1.82) is 0 Å². The van der Waals surface area contributed by atoms with Gasteiger partial charge in [-0.2, -0.15) is 0 Å². The van der Waals surface area contributed by atoms with Gasteiger partial charge in [-0.3, -0.25) is 4.79 Å². The molecule has 0 amide bonds. The molecule has 2 atom stereocenters. The van der Waals surface area contributed by atoms with Crippen LogP contribution in [0.3, 0.4) is 0 Å². The Hall–Kier alpha value is -1.58. The van der Waals surface area contributed by atoms with Crippen LogP contribution in [0, 0.1) is 5.92 Å². The van der Waals surface area contributed by atoms with E-state index >= 15 is 0 Å². The van der Waals surface area contributed by atoms with Gasteiger partial charge in [0.05, 0.1) is 0 Å². The maximum absolute atomic E-state index is 11.7. The van der Waals surface area contributed by atoms with E-state index in [2.05, 4.69) is 0 Å². The molecule has 1 saturated carbocycles. The Morgan fingerprint density at radius 2 is 2.06 bits per heavy atom. The lowest BCUT2D eigenvalue weighted by molar-refractivity contribution is -0.152. The molecule has 0 spiro atoms. The number of hydrogen-bond acceptors (Lipinski definition) is 2. The molecule has 0 saturated heterocycles. The first-order valence-electron chi connectivity index (χ1n) is 5.99. The Kier molecular flexibility index (Phi) is 3.05. The molecule has 1 aliphatic rings. The van der Waals surface area contributed by atoms with Crippen LogP contribution >= 0.6 is 0 Å². The lowest BCUT2D eigenvalue weighted by Crippen LogP contribution is -2.49. The number of aromatic nitrogens is 1. The van der Waals surface area contributed by atoms with E-state index in [4.69, 9.17) is 0 Å². The van der Waals surface area contributed by atoms with Crippen LogP contribution in [0.4, 0.5) is 0 Å². The highest BCUT2D eigenvalue weighted by molar-refractivity contribution is 5.77. The zero-order chi connectivity index (χ0) is 12.5. The van der Waals surface area contributed by atoms with Crippen LogP contribution in [0.15, 0.2) is 29.3 Å². The standard InChI is InChI=1S/C13H17NO3/c1-10-4-2-3-7-13(10,12(16)17)14-8-5-11(15)6-9-14/h5-6,8-10H,2-4,7H2,1H3,(H,16,17). The third kappa shape index (κ3) is 1.88. The van der Waals surface area contributed by atoms with Gasteiger partial charge in [-0.15, -0.1) is 0 Å². The lowest BCUT2D eigenvalue weighted by Gasteiger charge is -2.40. The van der Waals surface area contributed by atoms with Gasteiger partial charge in [-0.25, -0.2) is 4.79 Å². The van der Waals surface area contributed by atoms with E-state index in [0.717, 1.165) is 19.3 Å². The third-order valence-corrected chi connectivity index (χ3v) is 3.89. The van der Waals surface area contributed by atoms with Crippen molar-refractivity contribution < 1.29 is 9.90 Å². The highest BCUT2D eigenvalue weighted by Crippen LogP contribution is 2.39. The van der Waals surface area contributed by atoms with Gasteiger partial charge in [-0.1, -0.05) is 19.8 Å². The topological polar surface area (TPSA) is 59.3 Å². The maximum Gasteiger partial charge on any atom is 0.330 e. The molecule has 1 fully saturated rings. The van der Waals surface area contributed by atoms with Gasteiger partial charge >= 0.3 is 5.97 Å². The van der Waals surface area contributed by atoms with Crippen molar-refractivity contribution in [1.82, 2.24) is 4.57 Å². The first kappa shape index (κ1) is 11.9. The summed E-state index contributed by atoms with van der Waals surface area (Å²) >= 11 is 0. The summed E-state index contributed by atoms with van der Waals surface area (Å²) in [7, 11) is 0. The van der Waals surface area contributed by atoms with Crippen molar-refractivity contribution in [2.24, 2.45) is 5.92 Å². The van der Waals surface area contributed by atoms with Crippen LogP contribution in [0.5, 0.6) is 0 Å². The minimum atomic E-state index is -0.883. The van der Waals surface area contributed by atoms with E-state index in [0.29, 0.717) is 6.42 Å². The number of carbonyl (C=O) groups is 1. The molecule has 92 valence electrons. The number of pyridine rings is 1. The second-order valence-corrected chi connectivity index (χ2v) is 4.82. The second kappa shape index (κ2) is 4.35. The monoisotopic (exact) mass is 235 g/mol. The summed E-state index contributed by atoms with van der Waals surface area (Å²) < 4.78 is 1.70. The van der Waals surface area contributed by atoms with E-state index < -0.39 is 11.5 Å². The summed E-state index contributed by atoms with van der Waals surface area (Å²) in [6.45, 7) is 1.98. The Morgan fingerprint density at radius 3 is 2.59 bits per heavy atom. The number of nitrogens with zero attached hydrogens (tertiary/aromatic N) is 1. The van der Waals surface area contributed by atoms with Crippen molar-refractivity contribution in [3.8, 4) is 0 Å². The highest BCUT2D eigenvalue weighted by Gasteiger charge is 2.46. The fourth-order valence-electron chi connectivity index (χ4n) is 2.82. The molecule has 0 bridgehead atoms. The Balaban J connectivity index is 2.50. The first-order valence-corrected chi connectivity index (χ1v) is 5.99. The van der Waals surface area contributed by atoms with Crippen molar-refractivity contribution in [3.05, 3.63) is 34.7 Å². The van der Waals surface area contributed by atoms with Gasteiger partial charge in [0.2, 0.25) is 0 Å². The minimum absolute atomic E-state index is 0.0799. The Morgan fingerprint density at radius 1 is 1.41 bits per heavy atom. The van der Waals surface area contributed by atoms with E-state index in [1.807, 2.05) is 6.92 Å². The predicted molar refractivity (Wildman–Crippen MR) is 63.9 cm³/mol. The molecule has 0 aliphatic heterocycles. The van der Waals surface area contributed by atoms with Crippen molar-refractivity contribution in [3.63, 3.8) is 0 Å². The minimum Gasteiger partial charge on any atom is -0.479 e. The van der Waals surface area contributed by atoms with Crippen LogP contribution in [0.25, 0.3) is 0 Å². The third-order valence-electron chi connectivity index (χ3n) is 3.89. The first-order chi connectivity index (χ1) is 8.07. The van der Waals surface area contributed by atoms with Gasteiger partial charge in [0.1, 0.15) is 5.54 Å². The van der Waals surface area contributed by atoms with Gasteiger partial charge < -0.3 is 9.67 Å². The SMILES string of the molecule is CC1CCCCC1(C(=O)O)n1ccc(=O)cc1. The molecule has 1 N–H and O–H groups in total. The molecule has 1 aromatic heterocycles. The van der Waals surface area contributed by atoms with Gasteiger partial charge in [-0.05, 0) is 18.8 Å². The fraction of sp³-hybridized carbons (Fsp3) is 0.538. The second-order valence-electron chi connectivity index (χ2n) is 4.82. The molecular formula is C13H17NO3. The van der Waals surface area contributed by atoms with Crippen LogP contribution in [0.2, 0.25) is 0 Å². The smallest absolute Gasteiger partial charge is 0.330 e. The normalized spacial score (nSPS) is 28.9. The molecule has 1 aliphatic carbocycles. The van der Waals surface area contributed by atoms with Crippen LogP contribution in [-0.4, -0.2) is 15.6 Å². The molecule has 1 heterocycles. The molecule has 0 aromatic carbocycles. The molecule has 0 radical (unpaired) electrons. The highest BCUT2D eigenvalue weighted by atomic mass is 16.4. The van der Waals surface area contributed by atoms with Crippen molar-refractivity contribution >= 4 is 5.97 Å². The Labute approximate surface area is 99.9 Å². The summed E-state index contributed by atoms with van der Waals surface area (Å²) in [6.07, 6.45) is 6.74. The van der Waals surface area contributed by atoms with Gasteiger partial charge in [0, 0.05) is 24.5 Å². The zero-order valence-corrected chi connectivity index (χ0v) is 9.93. The summed E-state index contributed by atoms with van der Waals surface area (Å²) in [5.41, 5.74) is -0.975.